The maximum absolute atomic E-state index is 13.2. The van der Waals surface area contributed by atoms with E-state index in [4.69, 9.17) is 4.74 Å². The second kappa shape index (κ2) is 8.77. The van der Waals surface area contributed by atoms with Crippen molar-refractivity contribution in [2.45, 2.75) is 37.9 Å². The molecule has 0 radical (unpaired) electrons. The maximum Gasteiger partial charge on any atom is 0.255 e. The van der Waals surface area contributed by atoms with E-state index >= 15 is 0 Å². The van der Waals surface area contributed by atoms with E-state index in [9.17, 15) is 13.2 Å². The summed E-state index contributed by atoms with van der Waals surface area (Å²) in [6.45, 7) is 6.08. The Hall–Kier alpha value is -3.15. The molecule has 1 saturated heterocycles. The Balaban J connectivity index is 1.57. The molecule has 0 saturated carbocycles. The average molecular weight is 457 g/mol. The molecule has 10 nitrogen and oxygen atoms in total. The Labute approximate surface area is 186 Å². The van der Waals surface area contributed by atoms with Crippen LogP contribution in [0, 0.1) is 6.92 Å². The summed E-state index contributed by atoms with van der Waals surface area (Å²) < 4.78 is 34.8. The minimum absolute atomic E-state index is 0.0746. The van der Waals surface area contributed by atoms with Crippen molar-refractivity contribution in [1.82, 2.24) is 24.5 Å². The summed E-state index contributed by atoms with van der Waals surface area (Å²) in [5.74, 6) is -0.414. The number of hydrogen-bond donors (Lipinski definition) is 1. The molecular weight excluding hydrogens is 432 g/mol. The van der Waals surface area contributed by atoms with Crippen LogP contribution in [-0.2, 0) is 14.8 Å². The number of nitrogens with zero attached hydrogens (tertiary/aromatic N) is 5. The lowest BCUT2D eigenvalue weighted by atomic mass is 10.1. The molecule has 1 N–H and O–H groups in total. The van der Waals surface area contributed by atoms with Crippen LogP contribution in [-0.4, -0.2) is 64.1 Å². The van der Waals surface area contributed by atoms with Gasteiger partial charge < -0.3 is 10.1 Å². The van der Waals surface area contributed by atoms with Crippen LogP contribution < -0.4 is 5.32 Å². The molecule has 0 aliphatic carbocycles. The van der Waals surface area contributed by atoms with Gasteiger partial charge in [0.15, 0.2) is 0 Å². The van der Waals surface area contributed by atoms with Crippen molar-refractivity contribution in [2.24, 2.45) is 0 Å². The molecule has 1 amide bonds. The first kappa shape index (κ1) is 22.1. The fraction of sp³-hybridized carbons (Fsp3) is 0.333. The summed E-state index contributed by atoms with van der Waals surface area (Å²) in [4.78, 5) is 13.0. The highest BCUT2D eigenvalue weighted by Gasteiger charge is 2.32. The predicted molar refractivity (Wildman–Crippen MR) is 117 cm³/mol. The molecule has 4 rings (SSSR count). The smallest absolute Gasteiger partial charge is 0.255 e. The summed E-state index contributed by atoms with van der Waals surface area (Å²) in [5, 5.41) is 13.9. The highest BCUT2D eigenvalue weighted by molar-refractivity contribution is 7.89. The van der Waals surface area contributed by atoms with Crippen LogP contribution in [0.4, 0.5) is 5.69 Å². The molecule has 2 atom stereocenters. The number of ether oxygens (including phenoxy) is 1. The van der Waals surface area contributed by atoms with Crippen LogP contribution in [0.3, 0.4) is 0 Å². The minimum atomic E-state index is -3.75. The molecule has 11 heteroatoms. The highest BCUT2D eigenvalue weighted by atomic mass is 32.2. The number of rotatable bonds is 5. The van der Waals surface area contributed by atoms with Gasteiger partial charge in [-0.1, -0.05) is 12.1 Å². The zero-order valence-electron chi connectivity index (χ0n) is 18.0. The number of hydrogen-bond acceptors (Lipinski definition) is 7. The third-order valence-electron chi connectivity index (χ3n) is 5.20. The van der Waals surface area contributed by atoms with Gasteiger partial charge in [0, 0.05) is 24.3 Å². The molecule has 32 heavy (non-hydrogen) atoms. The fourth-order valence-electron chi connectivity index (χ4n) is 3.64. The second-order valence-electron chi connectivity index (χ2n) is 7.81. The number of benzene rings is 2. The van der Waals surface area contributed by atoms with Gasteiger partial charge in [0.2, 0.25) is 10.0 Å². The molecule has 3 aromatic rings. The van der Waals surface area contributed by atoms with Gasteiger partial charge in [-0.05, 0) is 67.1 Å². The highest BCUT2D eigenvalue weighted by Crippen LogP contribution is 2.23. The number of nitrogens with one attached hydrogen (secondary N) is 1. The van der Waals surface area contributed by atoms with Gasteiger partial charge in [-0.15, -0.1) is 5.10 Å². The van der Waals surface area contributed by atoms with Crippen molar-refractivity contribution in [1.29, 1.82) is 0 Å². The number of carbonyl (C=O) groups excluding carboxylic acids is 1. The number of morpholine rings is 1. The monoisotopic (exact) mass is 456 g/mol. The molecule has 2 aromatic carbocycles. The van der Waals surface area contributed by atoms with Gasteiger partial charge in [0.1, 0.15) is 6.33 Å². The first-order chi connectivity index (χ1) is 15.2. The molecule has 0 spiro atoms. The summed E-state index contributed by atoms with van der Waals surface area (Å²) in [5.41, 5.74) is 2.35. The van der Waals surface area contributed by atoms with E-state index in [1.807, 2.05) is 32.9 Å². The van der Waals surface area contributed by atoms with Crippen molar-refractivity contribution in [3.63, 3.8) is 0 Å². The number of aromatic nitrogens is 4. The predicted octanol–water partition coefficient (Wildman–Crippen LogP) is 2.02. The van der Waals surface area contributed by atoms with Crippen molar-refractivity contribution < 1.29 is 17.9 Å². The van der Waals surface area contributed by atoms with E-state index in [0.717, 1.165) is 5.56 Å². The number of tetrazole rings is 1. The standard InChI is InChI=1S/C21H24N6O4S/c1-14-7-8-18(27-13-22-24-25-27)10-20(14)23-21(28)17-5-4-6-19(9-17)32(29,30)26-11-15(2)31-16(3)12-26/h4-10,13,15-16H,11-12H2,1-3H3,(H,23,28). The largest absolute Gasteiger partial charge is 0.373 e. The Morgan fingerprint density at radius 2 is 1.88 bits per heavy atom. The number of aryl methyl sites for hydroxylation is 1. The molecule has 168 valence electrons. The summed E-state index contributed by atoms with van der Waals surface area (Å²) in [6, 6.07) is 11.5. The molecule has 1 aromatic heterocycles. The van der Waals surface area contributed by atoms with Gasteiger partial charge in [0.25, 0.3) is 5.91 Å². The zero-order chi connectivity index (χ0) is 22.9. The van der Waals surface area contributed by atoms with Gasteiger partial charge in [0.05, 0.1) is 22.8 Å². The molecule has 1 fully saturated rings. The normalized spacial score (nSPS) is 19.6. The third kappa shape index (κ3) is 4.54. The van der Waals surface area contributed by atoms with E-state index in [-0.39, 0.29) is 35.8 Å². The third-order valence-corrected chi connectivity index (χ3v) is 7.03. The van der Waals surface area contributed by atoms with Crippen LogP contribution in [0.5, 0.6) is 0 Å². The topological polar surface area (TPSA) is 119 Å². The second-order valence-corrected chi connectivity index (χ2v) is 9.75. The molecular formula is C21H24N6O4S. The van der Waals surface area contributed by atoms with Gasteiger partial charge in [-0.25, -0.2) is 13.1 Å². The number of amides is 1. The van der Waals surface area contributed by atoms with Gasteiger partial charge in [-0.3, -0.25) is 4.79 Å². The molecule has 1 aliphatic heterocycles. The molecule has 1 aliphatic rings. The molecule has 0 bridgehead atoms. The SMILES string of the molecule is Cc1ccc(-n2cnnn2)cc1NC(=O)c1cccc(S(=O)(=O)N2CC(C)OC(C)C2)c1. The van der Waals surface area contributed by atoms with Crippen molar-refractivity contribution >= 4 is 21.6 Å². The van der Waals surface area contributed by atoms with Crippen LogP contribution in [0.25, 0.3) is 5.69 Å². The lowest BCUT2D eigenvalue weighted by Gasteiger charge is -2.34. The Kier molecular flexibility index (Phi) is 6.04. The summed E-state index contributed by atoms with van der Waals surface area (Å²) in [7, 11) is -3.75. The number of carbonyl (C=O) groups is 1. The quantitative estimate of drug-likeness (QED) is 0.624. The maximum atomic E-state index is 13.2. The van der Waals surface area contributed by atoms with Crippen molar-refractivity contribution in [3.8, 4) is 5.69 Å². The average Bonchev–Trinajstić information content (AvgIpc) is 3.29. The van der Waals surface area contributed by atoms with Crippen molar-refractivity contribution in [3.05, 3.63) is 59.9 Å². The first-order valence-electron chi connectivity index (χ1n) is 10.1. The Morgan fingerprint density at radius 3 is 2.56 bits per heavy atom. The lowest BCUT2D eigenvalue weighted by molar-refractivity contribution is -0.0440. The van der Waals surface area contributed by atoms with Crippen LogP contribution in [0.2, 0.25) is 0 Å². The zero-order valence-corrected chi connectivity index (χ0v) is 18.8. The van der Waals surface area contributed by atoms with E-state index in [1.54, 1.807) is 18.2 Å². The fourth-order valence-corrected chi connectivity index (χ4v) is 5.27. The number of anilines is 1. The van der Waals surface area contributed by atoms with E-state index in [2.05, 4.69) is 20.8 Å². The number of sulfonamides is 1. The van der Waals surface area contributed by atoms with Crippen LogP contribution in [0.15, 0.2) is 53.7 Å². The van der Waals surface area contributed by atoms with Gasteiger partial charge in [-0.2, -0.15) is 4.31 Å². The first-order valence-corrected chi connectivity index (χ1v) is 11.6. The summed E-state index contributed by atoms with van der Waals surface area (Å²) in [6.07, 6.45) is 1.06. The van der Waals surface area contributed by atoms with Crippen LogP contribution in [0.1, 0.15) is 29.8 Å². The Morgan fingerprint density at radius 1 is 1.12 bits per heavy atom. The van der Waals surface area contributed by atoms with Crippen LogP contribution >= 0.6 is 0 Å². The minimum Gasteiger partial charge on any atom is -0.373 e. The van der Waals surface area contributed by atoms with E-state index in [0.29, 0.717) is 11.4 Å². The lowest BCUT2D eigenvalue weighted by Crippen LogP contribution is -2.48. The van der Waals surface area contributed by atoms with E-state index < -0.39 is 15.9 Å². The Bertz CT molecular complexity index is 1220. The summed E-state index contributed by atoms with van der Waals surface area (Å²) >= 11 is 0. The molecule has 2 heterocycles. The van der Waals surface area contributed by atoms with Gasteiger partial charge >= 0.3 is 0 Å². The van der Waals surface area contributed by atoms with E-state index in [1.165, 1.54) is 27.4 Å². The van der Waals surface area contributed by atoms with Crippen molar-refractivity contribution in [2.75, 3.05) is 18.4 Å². The molecule has 2 unspecified atom stereocenters.